The number of halogens is 1. The van der Waals surface area contributed by atoms with Crippen molar-refractivity contribution in [1.29, 1.82) is 0 Å². The van der Waals surface area contributed by atoms with E-state index >= 15 is 0 Å². The molecular weight excluding hydrogens is 281 g/mol. The zero-order valence-corrected chi connectivity index (χ0v) is 11.8. The SMILES string of the molecule is O=C1C[C@@H](c2nc3ccccc3[nH]2)CN1c1cccc(F)c1. The number of rotatable bonds is 2. The fraction of sp³-hybridized carbons (Fsp3) is 0.176. The summed E-state index contributed by atoms with van der Waals surface area (Å²) in [7, 11) is 0. The van der Waals surface area contributed by atoms with Crippen molar-refractivity contribution in [3.05, 3.63) is 60.2 Å². The molecule has 1 aromatic heterocycles. The van der Waals surface area contributed by atoms with Gasteiger partial charge in [-0.25, -0.2) is 9.37 Å². The molecule has 4 nitrogen and oxygen atoms in total. The molecule has 2 heterocycles. The summed E-state index contributed by atoms with van der Waals surface area (Å²) in [6.45, 7) is 0.516. The molecule has 1 fully saturated rings. The molecule has 0 unspecified atom stereocenters. The number of carbonyl (C=O) groups is 1. The molecule has 1 amide bonds. The maximum atomic E-state index is 13.4. The van der Waals surface area contributed by atoms with E-state index in [1.54, 1.807) is 17.0 Å². The molecule has 0 radical (unpaired) electrons. The lowest BCUT2D eigenvalue weighted by Gasteiger charge is -2.16. The van der Waals surface area contributed by atoms with Crippen molar-refractivity contribution in [2.45, 2.75) is 12.3 Å². The van der Waals surface area contributed by atoms with Gasteiger partial charge in [-0.3, -0.25) is 4.79 Å². The molecule has 1 atom stereocenters. The summed E-state index contributed by atoms with van der Waals surface area (Å²) in [4.78, 5) is 21.7. The third-order valence-corrected chi connectivity index (χ3v) is 4.04. The molecule has 1 saturated heterocycles. The number of para-hydroxylation sites is 2. The third-order valence-electron chi connectivity index (χ3n) is 4.04. The Morgan fingerprint density at radius 2 is 2.05 bits per heavy atom. The predicted octanol–water partition coefficient (Wildman–Crippen LogP) is 3.22. The fourth-order valence-electron chi connectivity index (χ4n) is 2.95. The highest BCUT2D eigenvalue weighted by atomic mass is 19.1. The van der Waals surface area contributed by atoms with E-state index < -0.39 is 0 Å². The van der Waals surface area contributed by atoms with Crippen LogP contribution in [0.2, 0.25) is 0 Å². The number of hydrogen-bond acceptors (Lipinski definition) is 2. The van der Waals surface area contributed by atoms with Crippen molar-refractivity contribution < 1.29 is 9.18 Å². The van der Waals surface area contributed by atoms with Crippen molar-refractivity contribution in [3.63, 3.8) is 0 Å². The molecule has 5 heteroatoms. The smallest absolute Gasteiger partial charge is 0.227 e. The molecule has 0 bridgehead atoms. The molecule has 3 aromatic rings. The number of hydrogen-bond donors (Lipinski definition) is 1. The Hall–Kier alpha value is -2.69. The van der Waals surface area contributed by atoms with Gasteiger partial charge in [0.2, 0.25) is 5.91 Å². The van der Waals surface area contributed by atoms with E-state index in [2.05, 4.69) is 9.97 Å². The van der Waals surface area contributed by atoms with Crippen molar-refractivity contribution in [3.8, 4) is 0 Å². The molecule has 0 saturated carbocycles. The van der Waals surface area contributed by atoms with Crippen LogP contribution in [0.1, 0.15) is 18.2 Å². The third kappa shape index (κ3) is 2.15. The van der Waals surface area contributed by atoms with Crippen LogP contribution < -0.4 is 4.90 Å². The first-order valence-electron chi connectivity index (χ1n) is 7.21. The summed E-state index contributed by atoms with van der Waals surface area (Å²) >= 11 is 0. The highest BCUT2D eigenvalue weighted by molar-refractivity contribution is 5.96. The Morgan fingerprint density at radius 3 is 2.86 bits per heavy atom. The number of carbonyl (C=O) groups excluding carboxylic acids is 1. The molecule has 0 aliphatic carbocycles. The van der Waals surface area contributed by atoms with Crippen molar-refractivity contribution in [2.75, 3.05) is 11.4 Å². The lowest BCUT2D eigenvalue weighted by atomic mass is 10.1. The second kappa shape index (κ2) is 4.94. The Morgan fingerprint density at radius 1 is 1.18 bits per heavy atom. The minimum atomic E-state index is -0.336. The number of nitrogens with one attached hydrogen (secondary N) is 1. The van der Waals surface area contributed by atoms with Gasteiger partial charge in [-0.1, -0.05) is 18.2 Å². The molecule has 4 rings (SSSR count). The van der Waals surface area contributed by atoms with Gasteiger partial charge in [-0.2, -0.15) is 0 Å². The topological polar surface area (TPSA) is 49.0 Å². The van der Waals surface area contributed by atoms with E-state index in [0.717, 1.165) is 16.9 Å². The number of aromatic nitrogens is 2. The first-order valence-corrected chi connectivity index (χ1v) is 7.21. The first kappa shape index (κ1) is 13.0. The predicted molar refractivity (Wildman–Crippen MR) is 82.2 cm³/mol. The lowest BCUT2D eigenvalue weighted by molar-refractivity contribution is -0.117. The lowest BCUT2D eigenvalue weighted by Crippen LogP contribution is -2.24. The average molecular weight is 295 g/mol. The van der Waals surface area contributed by atoms with Gasteiger partial charge in [0, 0.05) is 24.6 Å². The van der Waals surface area contributed by atoms with Gasteiger partial charge >= 0.3 is 0 Å². The maximum absolute atomic E-state index is 13.4. The highest BCUT2D eigenvalue weighted by Crippen LogP contribution is 2.31. The number of fused-ring (bicyclic) bond motifs is 1. The van der Waals surface area contributed by atoms with Gasteiger partial charge in [0.05, 0.1) is 11.0 Å². The summed E-state index contributed by atoms with van der Waals surface area (Å²) in [5.41, 5.74) is 2.46. The van der Waals surface area contributed by atoms with Crippen LogP contribution in [0.5, 0.6) is 0 Å². The summed E-state index contributed by atoms with van der Waals surface area (Å²) < 4.78 is 13.4. The van der Waals surface area contributed by atoms with Crippen molar-refractivity contribution >= 4 is 22.6 Å². The van der Waals surface area contributed by atoms with Crippen LogP contribution in [0.4, 0.5) is 10.1 Å². The van der Waals surface area contributed by atoms with Gasteiger partial charge in [0.1, 0.15) is 11.6 Å². The van der Waals surface area contributed by atoms with Crippen LogP contribution in [0, 0.1) is 5.82 Å². The number of amides is 1. The van der Waals surface area contributed by atoms with E-state index in [0.29, 0.717) is 18.7 Å². The number of imidazole rings is 1. The maximum Gasteiger partial charge on any atom is 0.227 e. The molecule has 1 N–H and O–H groups in total. The van der Waals surface area contributed by atoms with E-state index in [4.69, 9.17) is 0 Å². The first-order chi connectivity index (χ1) is 10.7. The van der Waals surface area contributed by atoms with Crippen LogP contribution in [0.15, 0.2) is 48.5 Å². The number of H-pyrrole nitrogens is 1. The minimum Gasteiger partial charge on any atom is -0.342 e. The summed E-state index contributed by atoms with van der Waals surface area (Å²) in [6, 6.07) is 13.9. The normalized spacial score (nSPS) is 18.3. The Balaban J connectivity index is 1.64. The Kier molecular flexibility index (Phi) is 2.92. The monoisotopic (exact) mass is 295 g/mol. The van der Waals surface area contributed by atoms with Crippen LogP contribution in [-0.2, 0) is 4.79 Å². The van der Waals surface area contributed by atoms with Crippen molar-refractivity contribution in [2.24, 2.45) is 0 Å². The van der Waals surface area contributed by atoms with Crippen LogP contribution in [-0.4, -0.2) is 22.4 Å². The zero-order valence-electron chi connectivity index (χ0n) is 11.8. The average Bonchev–Trinajstić information content (AvgIpc) is 3.10. The van der Waals surface area contributed by atoms with Crippen LogP contribution in [0.3, 0.4) is 0 Å². The summed E-state index contributed by atoms with van der Waals surface area (Å²) in [5, 5.41) is 0. The van der Waals surface area contributed by atoms with Gasteiger partial charge < -0.3 is 9.88 Å². The van der Waals surface area contributed by atoms with E-state index in [1.807, 2.05) is 24.3 Å². The van der Waals surface area contributed by atoms with Gasteiger partial charge in [0.25, 0.3) is 0 Å². The van der Waals surface area contributed by atoms with Gasteiger partial charge in [-0.05, 0) is 30.3 Å². The van der Waals surface area contributed by atoms with Crippen LogP contribution >= 0.6 is 0 Å². The Bertz CT molecular complexity index is 825. The second-order valence-corrected chi connectivity index (χ2v) is 5.52. The van der Waals surface area contributed by atoms with E-state index in [-0.39, 0.29) is 17.6 Å². The number of nitrogens with zero attached hydrogens (tertiary/aromatic N) is 2. The van der Waals surface area contributed by atoms with Crippen molar-refractivity contribution in [1.82, 2.24) is 9.97 Å². The molecule has 22 heavy (non-hydrogen) atoms. The molecule has 1 aliphatic heterocycles. The van der Waals surface area contributed by atoms with E-state index in [9.17, 15) is 9.18 Å². The Labute approximate surface area is 126 Å². The number of benzene rings is 2. The molecular formula is C17H14FN3O. The molecule has 0 spiro atoms. The quantitative estimate of drug-likeness (QED) is 0.789. The van der Waals surface area contributed by atoms with Crippen LogP contribution in [0.25, 0.3) is 11.0 Å². The number of anilines is 1. The van der Waals surface area contributed by atoms with Gasteiger partial charge in [0.15, 0.2) is 0 Å². The number of aromatic amines is 1. The highest BCUT2D eigenvalue weighted by Gasteiger charge is 2.33. The van der Waals surface area contributed by atoms with Gasteiger partial charge in [-0.15, -0.1) is 0 Å². The standard InChI is InChI=1S/C17H14FN3O/c18-12-4-3-5-13(9-12)21-10-11(8-16(21)22)17-19-14-6-1-2-7-15(14)20-17/h1-7,9,11H,8,10H2,(H,19,20)/t11-/m1/s1. The molecule has 2 aromatic carbocycles. The minimum absolute atomic E-state index is 0.00293. The largest absolute Gasteiger partial charge is 0.342 e. The fourth-order valence-corrected chi connectivity index (χ4v) is 2.95. The zero-order chi connectivity index (χ0) is 15.1. The summed E-state index contributed by atoms with van der Waals surface area (Å²) in [5.74, 6) is 0.477. The molecule has 110 valence electrons. The molecule has 1 aliphatic rings. The summed E-state index contributed by atoms with van der Waals surface area (Å²) in [6.07, 6.45) is 0.385. The van der Waals surface area contributed by atoms with E-state index in [1.165, 1.54) is 12.1 Å². The second-order valence-electron chi connectivity index (χ2n) is 5.52.